The van der Waals surface area contributed by atoms with E-state index in [1.54, 1.807) is 24.3 Å². The van der Waals surface area contributed by atoms with Crippen molar-refractivity contribution >= 4 is 35.2 Å². The van der Waals surface area contributed by atoms with Gasteiger partial charge in [0.05, 0.1) is 18.1 Å². The third-order valence-electron chi connectivity index (χ3n) is 7.89. The van der Waals surface area contributed by atoms with E-state index in [4.69, 9.17) is 10.5 Å². The van der Waals surface area contributed by atoms with Crippen LogP contribution in [0.1, 0.15) is 58.4 Å². The van der Waals surface area contributed by atoms with E-state index < -0.39 is 65.2 Å². The summed E-state index contributed by atoms with van der Waals surface area (Å²) in [4.78, 5) is 67.3. The van der Waals surface area contributed by atoms with Gasteiger partial charge < -0.3 is 30.9 Å². The number of amides is 5. The van der Waals surface area contributed by atoms with Crippen LogP contribution in [0.2, 0.25) is 0 Å². The van der Waals surface area contributed by atoms with Crippen LogP contribution in [0, 0.1) is 23.5 Å². The van der Waals surface area contributed by atoms with Crippen LogP contribution in [-0.2, 0) is 29.5 Å². The molecule has 4 bridgehead atoms. The fraction of sp³-hybridized carbons (Fsp3) is 0.485. The van der Waals surface area contributed by atoms with E-state index >= 15 is 0 Å². The van der Waals surface area contributed by atoms with Gasteiger partial charge in [0.1, 0.15) is 30.0 Å². The van der Waals surface area contributed by atoms with Crippen molar-refractivity contribution in [3.63, 3.8) is 0 Å². The van der Waals surface area contributed by atoms with Crippen molar-refractivity contribution in [2.24, 2.45) is 17.6 Å². The maximum absolute atomic E-state index is 14.5. The summed E-state index contributed by atoms with van der Waals surface area (Å²) in [5.41, 5.74) is 5.00. The number of primary amides is 1. The van der Waals surface area contributed by atoms with Crippen molar-refractivity contribution in [1.29, 1.82) is 0 Å². The summed E-state index contributed by atoms with van der Waals surface area (Å²) in [6, 6.07) is 8.71. The number of carbonyl (C=O) groups is 5. The lowest BCUT2D eigenvalue weighted by molar-refractivity contribution is -0.149. The number of nitrogens with zero attached hydrogens (tertiary/aromatic N) is 2. The molecule has 2 aromatic rings. The zero-order chi connectivity index (χ0) is 33.6. The summed E-state index contributed by atoms with van der Waals surface area (Å²) >= 11 is 0. The first kappa shape index (κ1) is 34.3. The molecule has 2 fully saturated rings. The Bertz CT molecular complexity index is 1460. The minimum Gasteiger partial charge on any atom is -0.494 e. The summed E-state index contributed by atoms with van der Waals surface area (Å²) in [6.07, 6.45) is 1.57. The van der Waals surface area contributed by atoms with Gasteiger partial charge in [0.25, 0.3) is 0 Å². The van der Waals surface area contributed by atoms with Gasteiger partial charge in [-0.3, -0.25) is 24.0 Å². The zero-order valence-electron chi connectivity index (χ0n) is 26.3. The number of nitrogens with one attached hydrogen (secondary N) is 2. The Kier molecular flexibility index (Phi) is 11.0. The first-order valence-corrected chi connectivity index (χ1v) is 15.5. The maximum atomic E-state index is 14.5. The molecule has 1 saturated heterocycles. The molecule has 2 aromatic carbocycles. The molecular weight excluding hydrogens is 600 g/mol. The van der Waals surface area contributed by atoms with Crippen LogP contribution in [0.15, 0.2) is 42.5 Å². The molecule has 13 heteroatoms. The lowest BCUT2D eigenvalue weighted by Crippen LogP contribution is -2.52. The minimum atomic E-state index is -1.15. The fourth-order valence-electron chi connectivity index (χ4n) is 5.43. The molecule has 1 aliphatic carbocycles. The largest absolute Gasteiger partial charge is 0.494 e. The molecule has 46 heavy (non-hydrogen) atoms. The van der Waals surface area contributed by atoms with Crippen molar-refractivity contribution in [2.75, 3.05) is 31.6 Å². The molecule has 2 atom stereocenters. The molecule has 5 amide bonds. The van der Waals surface area contributed by atoms with E-state index in [9.17, 15) is 32.8 Å². The second kappa shape index (κ2) is 14.7. The molecule has 4 N–H and O–H groups in total. The molecule has 3 aliphatic heterocycles. The maximum Gasteiger partial charge on any atom is 0.312 e. The average Bonchev–Trinajstić information content (AvgIpc) is 3.60. The third kappa shape index (κ3) is 8.58. The number of benzene rings is 2. The Morgan fingerprint density at radius 3 is 2.33 bits per heavy atom. The van der Waals surface area contributed by atoms with E-state index in [-0.39, 0.29) is 25.1 Å². The highest BCUT2D eigenvalue weighted by Gasteiger charge is 2.49. The van der Waals surface area contributed by atoms with Gasteiger partial charge in [-0.2, -0.15) is 0 Å². The number of fused-ring (bicyclic) bond motifs is 10. The Labute approximate surface area is 266 Å². The van der Waals surface area contributed by atoms with E-state index in [0.29, 0.717) is 49.8 Å². The number of hydrogen-bond donors (Lipinski definition) is 3. The summed E-state index contributed by atoms with van der Waals surface area (Å²) < 4.78 is 33.6. The molecule has 0 spiro atoms. The fourth-order valence-corrected chi connectivity index (χ4v) is 5.43. The zero-order valence-corrected chi connectivity index (χ0v) is 26.3. The van der Waals surface area contributed by atoms with Gasteiger partial charge in [-0.15, -0.1) is 0 Å². The molecular formula is C33H41F2N5O6. The van der Waals surface area contributed by atoms with Gasteiger partial charge in [0.15, 0.2) is 0 Å². The lowest BCUT2D eigenvalue weighted by Gasteiger charge is -2.28. The average molecular weight is 642 g/mol. The Balaban J connectivity index is 0.00000113. The quantitative estimate of drug-likeness (QED) is 0.439. The van der Waals surface area contributed by atoms with Gasteiger partial charge >= 0.3 is 11.8 Å². The van der Waals surface area contributed by atoms with Crippen LogP contribution in [0.5, 0.6) is 5.75 Å². The predicted octanol–water partition coefficient (Wildman–Crippen LogP) is 3.07. The summed E-state index contributed by atoms with van der Waals surface area (Å²) in [6.45, 7) is 6.16. The van der Waals surface area contributed by atoms with E-state index in [1.165, 1.54) is 11.0 Å². The summed E-state index contributed by atoms with van der Waals surface area (Å²) in [7, 11) is 0. The van der Waals surface area contributed by atoms with E-state index in [0.717, 1.165) is 16.9 Å². The molecule has 11 nitrogen and oxygen atoms in total. The Morgan fingerprint density at radius 2 is 1.72 bits per heavy atom. The molecule has 1 saturated carbocycles. The first-order chi connectivity index (χ1) is 21.8. The van der Waals surface area contributed by atoms with Crippen molar-refractivity contribution in [2.45, 2.75) is 64.5 Å². The number of hydrogen-bond acceptors (Lipinski definition) is 6. The minimum absolute atomic E-state index is 0.00822. The van der Waals surface area contributed by atoms with Crippen molar-refractivity contribution < 1.29 is 37.5 Å². The van der Waals surface area contributed by atoms with Crippen molar-refractivity contribution in [3.05, 3.63) is 59.7 Å². The second-order valence-corrected chi connectivity index (χ2v) is 12.6. The highest BCUT2D eigenvalue weighted by atomic mass is 19.1. The van der Waals surface area contributed by atoms with Gasteiger partial charge in [0.2, 0.25) is 17.7 Å². The summed E-state index contributed by atoms with van der Waals surface area (Å²) in [5, 5.41) is 5.35. The molecule has 3 heterocycles. The van der Waals surface area contributed by atoms with Crippen LogP contribution in [0.25, 0.3) is 0 Å². The Morgan fingerprint density at radius 1 is 1.04 bits per heavy atom. The van der Waals surface area contributed by atoms with Crippen LogP contribution in [0.4, 0.5) is 14.5 Å². The predicted molar refractivity (Wildman–Crippen MR) is 165 cm³/mol. The topological polar surface area (TPSA) is 151 Å². The van der Waals surface area contributed by atoms with E-state index in [1.807, 2.05) is 0 Å². The highest BCUT2D eigenvalue weighted by molar-refractivity contribution is 6.35. The van der Waals surface area contributed by atoms with Crippen LogP contribution >= 0.6 is 0 Å². The lowest BCUT2D eigenvalue weighted by atomic mass is 10.0. The van der Waals surface area contributed by atoms with Crippen LogP contribution in [0.3, 0.4) is 0 Å². The van der Waals surface area contributed by atoms with Crippen LogP contribution < -0.4 is 21.1 Å². The van der Waals surface area contributed by atoms with Gasteiger partial charge in [0, 0.05) is 30.4 Å². The molecule has 2 unspecified atom stereocenters. The second-order valence-electron chi connectivity index (χ2n) is 12.6. The molecule has 248 valence electrons. The van der Waals surface area contributed by atoms with Gasteiger partial charge in [-0.1, -0.05) is 26.8 Å². The monoisotopic (exact) mass is 641 g/mol. The molecule has 4 aliphatic rings. The number of halogens is 2. The molecule has 6 rings (SSSR count). The number of anilines is 1. The highest BCUT2D eigenvalue weighted by Crippen LogP contribution is 2.46. The molecule has 0 radical (unpaired) electrons. The van der Waals surface area contributed by atoms with E-state index in [2.05, 4.69) is 31.4 Å². The first-order valence-electron chi connectivity index (χ1n) is 15.5. The number of carbonyl (C=O) groups excluding carboxylic acids is 5. The number of nitrogens with two attached hydrogens (primary N) is 1. The SMILES string of the molecule is CC(C)C.NC(=O)C1CC2CN1C(=O)CN(C(=O)C(=O)NC1(c3ccc(F)cc3F)CC1)CCCCOc1ccc(cc1)NC2=O. The normalized spacial score (nSPS) is 21.0. The smallest absolute Gasteiger partial charge is 0.312 e. The number of ether oxygens (including phenoxy) is 1. The van der Waals surface area contributed by atoms with Crippen molar-refractivity contribution in [3.8, 4) is 5.75 Å². The third-order valence-corrected chi connectivity index (χ3v) is 7.89. The standard InChI is InChI=1S/C29H31F2N5O6.C4H10/c30-18-3-8-21(22(31)14-18)29(9-10-29)34-27(40)28(41)35-11-1-2-12-42-20-6-4-19(5-7-20)33-26(39)17-13-23(25(32)38)36(15-17)24(37)16-35;1-4(2)3/h3-8,14,17,23H,1-2,9-13,15-16H2,(H2,32,38)(H,33,39)(H,34,40);4H,1-3H3. The number of rotatable bonds is 3. The van der Waals surface area contributed by atoms with Crippen molar-refractivity contribution in [1.82, 2.24) is 15.1 Å². The summed E-state index contributed by atoms with van der Waals surface area (Å²) in [5.74, 6) is -4.83. The Hall–Kier alpha value is -4.55. The van der Waals surface area contributed by atoms with Gasteiger partial charge in [-0.05, 0) is 68.4 Å². The van der Waals surface area contributed by atoms with Gasteiger partial charge in [-0.25, -0.2) is 8.78 Å². The van der Waals surface area contributed by atoms with Crippen LogP contribution in [-0.4, -0.2) is 71.6 Å². The molecule has 0 aromatic heterocycles.